The van der Waals surface area contributed by atoms with Crippen LogP contribution in [0.2, 0.25) is 0 Å². The third-order valence-corrected chi connectivity index (χ3v) is 1.56. The topological polar surface area (TPSA) is 0 Å². The van der Waals surface area contributed by atoms with Crippen molar-refractivity contribution in [2.24, 2.45) is 0 Å². The minimum atomic E-state index is -0.989. The van der Waals surface area contributed by atoms with E-state index in [0.29, 0.717) is 0 Å². The average Bonchev–Trinajstić information content (AvgIpc) is 1.90. The van der Waals surface area contributed by atoms with Crippen LogP contribution in [-0.2, 0) is 0 Å². The quantitative estimate of drug-likeness (QED) is 0.487. The van der Waals surface area contributed by atoms with Crippen LogP contribution in [0.4, 0.5) is 3.52 Å². The molecule has 0 N–H and O–H groups in total. The predicted molar refractivity (Wildman–Crippen MR) is 32.9 cm³/mol. The first-order valence-corrected chi connectivity index (χ1v) is 3.43. The summed E-state index contributed by atoms with van der Waals surface area (Å²) in [6.45, 7) is 0. The van der Waals surface area contributed by atoms with Gasteiger partial charge in [-0.3, -0.25) is 0 Å². The normalized spacial score (nSPS) is 8.62. The van der Waals surface area contributed by atoms with E-state index in [1.807, 2.05) is 18.2 Å². The van der Waals surface area contributed by atoms with Crippen LogP contribution in [-0.4, -0.2) is 15.7 Å². The van der Waals surface area contributed by atoms with Crippen LogP contribution < -0.4 is 4.43 Å². The highest BCUT2D eigenvalue weighted by molar-refractivity contribution is 6.46. The molecule has 1 rings (SSSR count). The molecule has 0 aromatic heterocycles. The van der Waals surface area contributed by atoms with E-state index in [4.69, 9.17) is 0 Å². The molecule has 0 aliphatic rings. The van der Waals surface area contributed by atoms with Gasteiger partial charge in [0.1, 0.15) is 0 Å². The summed E-state index contributed by atoms with van der Waals surface area (Å²) in [5.74, 6) is 0. The molecule has 1 aromatic carbocycles. The molecule has 0 aliphatic carbocycles. The molecule has 0 bridgehead atoms. The molecule has 0 heterocycles. The van der Waals surface area contributed by atoms with Gasteiger partial charge >= 0.3 is 15.7 Å². The molecule has 0 fully saturated rings. The molecular formula is C6H5AlF. The molecule has 39 valence electrons. The number of hydrogen-bond donors (Lipinski definition) is 0. The minimum Gasteiger partial charge on any atom is -0.424 e. The van der Waals surface area contributed by atoms with Crippen molar-refractivity contribution in [3.63, 3.8) is 0 Å². The number of rotatable bonds is 1. The highest BCUT2D eigenvalue weighted by Gasteiger charge is 1.90. The molecule has 0 saturated carbocycles. The van der Waals surface area contributed by atoms with Crippen molar-refractivity contribution < 1.29 is 3.52 Å². The SMILES string of the molecule is [F][Al][c]1ccccc1. The smallest absolute Gasteiger partial charge is 0.424 e. The lowest BCUT2D eigenvalue weighted by atomic mass is 10.4. The van der Waals surface area contributed by atoms with Gasteiger partial charge in [0.25, 0.3) is 0 Å². The van der Waals surface area contributed by atoms with Gasteiger partial charge in [0, 0.05) is 0 Å². The Morgan fingerprint density at radius 3 is 2.12 bits per heavy atom. The Morgan fingerprint density at radius 1 is 1.12 bits per heavy atom. The zero-order valence-corrected chi connectivity index (χ0v) is 5.50. The monoisotopic (exact) mass is 123 g/mol. The van der Waals surface area contributed by atoms with Gasteiger partial charge in [-0.25, -0.2) is 0 Å². The average molecular weight is 123 g/mol. The highest BCUT2D eigenvalue weighted by Crippen LogP contribution is 1.79. The Hall–Kier alpha value is -0.318. The molecule has 1 aromatic rings. The fourth-order valence-electron chi connectivity index (χ4n) is 0.526. The summed E-state index contributed by atoms with van der Waals surface area (Å²) in [7, 11) is 0. The zero-order valence-electron chi connectivity index (χ0n) is 4.34. The second-order valence-electron chi connectivity index (χ2n) is 1.52. The third-order valence-electron chi connectivity index (χ3n) is 0.926. The van der Waals surface area contributed by atoms with Crippen molar-refractivity contribution in [2.75, 3.05) is 0 Å². The van der Waals surface area contributed by atoms with E-state index in [1.54, 1.807) is 12.1 Å². The zero-order chi connectivity index (χ0) is 5.82. The molecule has 0 amide bonds. The van der Waals surface area contributed by atoms with E-state index in [1.165, 1.54) is 0 Å². The van der Waals surface area contributed by atoms with E-state index in [2.05, 4.69) is 0 Å². The minimum absolute atomic E-state index is 0.826. The van der Waals surface area contributed by atoms with Crippen LogP contribution in [0.15, 0.2) is 30.3 Å². The summed E-state index contributed by atoms with van der Waals surface area (Å²) in [5, 5.41) is 0. The lowest BCUT2D eigenvalue weighted by Gasteiger charge is -1.85. The van der Waals surface area contributed by atoms with Crippen molar-refractivity contribution in [1.82, 2.24) is 0 Å². The standard InChI is InChI=1S/C6H5.Al.FH/c1-2-4-6-5-3-1;;/h1-5H;;1H/q;+1;/p-1. The molecule has 0 nitrogen and oxygen atoms in total. The Morgan fingerprint density at radius 2 is 1.75 bits per heavy atom. The van der Waals surface area contributed by atoms with Gasteiger partial charge in [0.15, 0.2) is 0 Å². The number of halogens is 1. The van der Waals surface area contributed by atoms with Crippen LogP contribution >= 0.6 is 0 Å². The van der Waals surface area contributed by atoms with Crippen molar-refractivity contribution in [3.05, 3.63) is 30.3 Å². The van der Waals surface area contributed by atoms with Crippen LogP contribution in [0.3, 0.4) is 0 Å². The molecule has 1 radical (unpaired) electrons. The molecule has 0 atom stereocenters. The fraction of sp³-hybridized carbons (Fsp3) is 0. The van der Waals surface area contributed by atoms with Gasteiger partial charge in [0.05, 0.1) is 0 Å². The first kappa shape index (κ1) is 5.81. The van der Waals surface area contributed by atoms with Crippen molar-refractivity contribution in [1.29, 1.82) is 0 Å². The van der Waals surface area contributed by atoms with Gasteiger partial charge in [0.2, 0.25) is 0 Å². The summed E-state index contributed by atoms with van der Waals surface area (Å²) in [5.41, 5.74) is 0. The Kier molecular flexibility index (Phi) is 2.08. The second-order valence-corrected chi connectivity index (χ2v) is 2.40. The van der Waals surface area contributed by atoms with Crippen LogP contribution in [0.5, 0.6) is 0 Å². The second kappa shape index (κ2) is 2.86. The maximum Gasteiger partial charge on any atom is 0.533 e. The van der Waals surface area contributed by atoms with E-state index in [-0.39, 0.29) is 0 Å². The fourth-order valence-corrected chi connectivity index (χ4v) is 0.893. The van der Waals surface area contributed by atoms with Crippen molar-refractivity contribution in [2.45, 2.75) is 0 Å². The third kappa shape index (κ3) is 1.33. The Bertz CT molecular complexity index is 150. The maximum absolute atomic E-state index is 11.8. The van der Waals surface area contributed by atoms with Gasteiger partial charge < -0.3 is 3.52 Å². The molecule has 0 spiro atoms. The molecule has 8 heavy (non-hydrogen) atoms. The van der Waals surface area contributed by atoms with E-state index in [0.717, 1.165) is 4.43 Å². The van der Waals surface area contributed by atoms with Crippen LogP contribution in [0.1, 0.15) is 0 Å². The first-order chi connectivity index (χ1) is 3.93. The van der Waals surface area contributed by atoms with E-state index < -0.39 is 15.7 Å². The summed E-state index contributed by atoms with van der Waals surface area (Å²) >= 11 is -0.989. The van der Waals surface area contributed by atoms with E-state index in [9.17, 15) is 3.52 Å². The lowest BCUT2D eigenvalue weighted by molar-refractivity contribution is 0.885. The first-order valence-electron chi connectivity index (χ1n) is 2.42. The molecule has 0 saturated heterocycles. The Balaban J connectivity index is 2.83. The highest BCUT2D eigenvalue weighted by atomic mass is 27.2. The predicted octanol–water partition coefficient (Wildman–Crippen LogP) is 0.901. The number of hydrogen-bond acceptors (Lipinski definition) is 0. The molecule has 0 aliphatic heterocycles. The maximum atomic E-state index is 11.8. The van der Waals surface area contributed by atoms with E-state index >= 15 is 0 Å². The summed E-state index contributed by atoms with van der Waals surface area (Å²) < 4.78 is 12.6. The van der Waals surface area contributed by atoms with Crippen molar-refractivity contribution >= 4 is 20.1 Å². The summed E-state index contributed by atoms with van der Waals surface area (Å²) in [4.78, 5) is 0. The lowest BCUT2D eigenvalue weighted by Crippen LogP contribution is -2.06. The largest absolute Gasteiger partial charge is 0.533 e. The van der Waals surface area contributed by atoms with Crippen LogP contribution in [0, 0.1) is 0 Å². The molecule has 0 unspecified atom stereocenters. The van der Waals surface area contributed by atoms with Gasteiger partial charge in [-0.2, -0.15) is 0 Å². The summed E-state index contributed by atoms with van der Waals surface area (Å²) in [6.07, 6.45) is 0. The van der Waals surface area contributed by atoms with Gasteiger partial charge in [-0.1, -0.05) is 34.8 Å². The van der Waals surface area contributed by atoms with Crippen molar-refractivity contribution in [3.8, 4) is 0 Å². The Labute approximate surface area is 54.5 Å². The van der Waals surface area contributed by atoms with Gasteiger partial charge in [-0.15, -0.1) is 0 Å². The van der Waals surface area contributed by atoms with Gasteiger partial charge in [-0.05, 0) is 0 Å². The molecule has 2 heteroatoms. The molecular weight excluding hydrogens is 118 g/mol. The number of benzene rings is 1. The van der Waals surface area contributed by atoms with Crippen LogP contribution in [0.25, 0.3) is 0 Å². The summed E-state index contributed by atoms with van der Waals surface area (Å²) in [6, 6.07) is 9.19.